The Morgan fingerprint density at radius 3 is 2.79 bits per heavy atom. The third kappa shape index (κ3) is 3.40. The van der Waals surface area contributed by atoms with E-state index in [0.717, 1.165) is 29.5 Å². The van der Waals surface area contributed by atoms with E-state index in [1.54, 1.807) is 10.9 Å². The van der Waals surface area contributed by atoms with E-state index < -0.39 is 0 Å². The van der Waals surface area contributed by atoms with Gasteiger partial charge < -0.3 is 20.0 Å². The SMILES string of the molecule is Cc1ccc(C(=O)NC2CC2)cc1-c1cnc2c(c1)[nH]c(=O)n2N1CCOCC1. The minimum atomic E-state index is -0.208. The molecule has 1 saturated carbocycles. The first-order chi connectivity index (χ1) is 14.1. The second-order valence-corrected chi connectivity index (χ2v) is 7.68. The van der Waals surface area contributed by atoms with E-state index in [4.69, 9.17) is 4.74 Å². The van der Waals surface area contributed by atoms with Gasteiger partial charge in [0.25, 0.3) is 5.91 Å². The quantitative estimate of drug-likeness (QED) is 0.702. The molecule has 2 aromatic heterocycles. The summed E-state index contributed by atoms with van der Waals surface area (Å²) in [5, 5.41) is 4.97. The average Bonchev–Trinajstić information content (AvgIpc) is 3.48. The highest BCUT2D eigenvalue weighted by Crippen LogP contribution is 2.27. The number of nitrogens with zero attached hydrogens (tertiary/aromatic N) is 3. The largest absolute Gasteiger partial charge is 0.378 e. The number of imidazole rings is 1. The van der Waals surface area contributed by atoms with Crippen LogP contribution in [0, 0.1) is 6.92 Å². The molecule has 0 spiro atoms. The van der Waals surface area contributed by atoms with Crippen LogP contribution in [0.4, 0.5) is 0 Å². The van der Waals surface area contributed by atoms with Crippen molar-refractivity contribution in [1.82, 2.24) is 20.0 Å². The molecular formula is C21H23N5O3. The van der Waals surface area contributed by atoms with Gasteiger partial charge >= 0.3 is 5.69 Å². The van der Waals surface area contributed by atoms with E-state index in [9.17, 15) is 9.59 Å². The summed E-state index contributed by atoms with van der Waals surface area (Å²) in [6, 6.07) is 7.93. The minimum Gasteiger partial charge on any atom is -0.378 e. The van der Waals surface area contributed by atoms with Crippen LogP contribution in [-0.2, 0) is 4.74 Å². The molecule has 0 unspecified atom stereocenters. The third-order valence-corrected chi connectivity index (χ3v) is 5.49. The van der Waals surface area contributed by atoms with Crippen LogP contribution < -0.4 is 16.0 Å². The van der Waals surface area contributed by atoms with E-state index in [1.165, 1.54) is 0 Å². The standard InChI is InChI=1S/C21H23N5O3/c1-13-2-3-14(20(27)23-16-4-5-16)10-17(13)15-11-18-19(22-12-15)26(21(28)24-18)25-6-8-29-9-7-25/h2-3,10-12,16H,4-9H2,1H3,(H,23,27)(H,24,28). The first-order valence-corrected chi connectivity index (χ1v) is 9.96. The number of pyridine rings is 1. The summed E-state index contributed by atoms with van der Waals surface area (Å²) in [5.74, 6) is -0.0466. The van der Waals surface area contributed by atoms with Crippen LogP contribution in [0.15, 0.2) is 35.3 Å². The molecule has 1 aliphatic heterocycles. The number of H-pyrrole nitrogens is 1. The van der Waals surface area contributed by atoms with Crippen LogP contribution >= 0.6 is 0 Å². The molecule has 5 rings (SSSR count). The van der Waals surface area contributed by atoms with Crippen molar-refractivity contribution in [2.45, 2.75) is 25.8 Å². The summed E-state index contributed by atoms with van der Waals surface area (Å²) in [7, 11) is 0. The number of aromatic nitrogens is 3. The van der Waals surface area contributed by atoms with Crippen LogP contribution in [-0.4, -0.2) is 52.9 Å². The van der Waals surface area contributed by atoms with Gasteiger partial charge in [0.05, 0.1) is 31.8 Å². The highest BCUT2D eigenvalue weighted by atomic mass is 16.5. The number of hydrogen-bond acceptors (Lipinski definition) is 5. The van der Waals surface area contributed by atoms with Crippen molar-refractivity contribution in [2.24, 2.45) is 0 Å². The topological polar surface area (TPSA) is 92.2 Å². The molecule has 2 fully saturated rings. The number of carbonyl (C=O) groups excluding carboxylic acids is 1. The van der Waals surface area contributed by atoms with E-state index in [0.29, 0.717) is 49.1 Å². The molecule has 0 radical (unpaired) electrons. The number of carbonyl (C=O) groups is 1. The lowest BCUT2D eigenvalue weighted by Crippen LogP contribution is -2.48. The van der Waals surface area contributed by atoms with Crippen LogP contribution in [0.1, 0.15) is 28.8 Å². The van der Waals surface area contributed by atoms with E-state index in [2.05, 4.69) is 15.3 Å². The van der Waals surface area contributed by atoms with Gasteiger partial charge in [0.2, 0.25) is 0 Å². The second kappa shape index (κ2) is 7.04. The number of hydrogen-bond donors (Lipinski definition) is 2. The number of amides is 1. The molecular weight excluding hydrogens is 370 g/mol. The molecule has 2 N–H and O–H groups in total. The fourth-order valence-corrected chi connectivity index (χ4v) is 3.72. The average molecular weight is 393 g/mol. The van der Waals surface area contributed by atoms with Gasteiger partial charge in [-0.15, -0.1) is 0 Å². The number of fused-ring (bicyclic) bond motifs is 1. The van der Waals surface area contributed by atoms with E-state index in [-0.39, 0.29) is 11.6 Å². The fraction of sp³-hybridized carbons (Fsp3) is 0.381. The Hall–Kier alpha value is -3.13. The van der Waals surface area contributed by atoms with Crippen LogP contribution in [0.25, 0.3) is 22.3 Å². The molecule has 1 aromatic carbocycles. The Labute approximate surface area is 167 Å². The van der Waals surface area contributed by atoms with Gasteiger partial charge in [-0.2, -0.15) is 4.68 Å². The number of aromatic amines is 1. The number of aryl methyl sites for hydroxylation is 1. The maximum Gasteiger partial charge on any atom is 0.346 e. The molecule has 0 bridgehead atoms. The zero-order chi connectivity index (χ0) is 20.0. The van der Waals surface area contributed by atoms with Gasteiger partial charge in [0.1, 0.15) is 0 Å². The van der Waals surface area contributed by atoms with Crippen LogP contribution in [0.5, 0.6) is 0 Å². The number of nitrogens with one attached hydrogen (secondary N) is 2. The smallest absolute Gasteiger partial charge is 0.346 e. The lowest BCUT2D eigenvalue weighted by Gasteiger charge is -2.28. The highest BCUT2D eigenvalue weighted by Gasteiger charge is 2.24. The van der Waals surface area contributed by atoms with Crippen LogP contribution in [0.3, 0.4) is 0 Å². The lowest BCUT2D eigenvalue weighted by molar-refractivity contribution is 0.0951. The van der Waals surface area contributed by atoms with Gasteiger partial charge in [0, 0.05) is 23.4 Å². The van der Waals surface area contributed by atoms with Crippen molar-refractivity contribution in [3.63, 3.8) is 0 Å². The van der Waals surface area contributed by atoms with Crippen molar-refractivity contribution >= 4 is 17.1 Å². The van der Waals surface area contributed by atoms with Crippen molar-refractivity contribution in [1.29, 1.82) is 0 Å². The zero-order valence-electron chi connectivity index (χ0n) is 16.3. The summed E-state index contributed by atoms with van der Waals surface area (Å²) < 4.78 is 6.97. The van der Waals surface area contributed by atoms with Crippen molar-refractivity contribution in [3.05, 3.63) is 52.1 Å². The molecule has 1 amide bonds. The van der Waals surface area contributed by atoms with Crippen molar-refractivity contribution in [3.8, 4) is 11.1 Å². The Balaban J connectivity index is 1.52. The summed E-state index contributed by atoms with van der Waals surface area (Å²) >= 11 is 0. The van der Waals surface area contributed by atoms with E-state index >= 15 is 0 Å². The fourth-order valence-electron chi connectivity index (χ4n) is 3.72. The van der Waals surface area contributed by atoms with Crippen LogP contribution in [0.2, 0.25) is 0 Å². The number of rotatable bonds is 4. The molecule has 0 atom stereocenters. The zero-order valence-corrected chi connectivity index (χ0v) is 16.3. The van der Waals surface area contributed by atoms with Gasteiger partial charge in [0.15, 0.2) is 5.65 Å². The summed E-state index contributed by atoms with van der Waals surface area (Å²) in [5.41, 5.74) is 4.54. The monoisotopic (exact) mass is 393 g/mol. The predicted octanol–water partition coefficient (Wildman–Crippen LogP) is 1.56. The Morgan fingerprint density at radius 2 is 2.03 bits per heavy atom. The molecule has 3 aromatic rings. The molecule has 29 heavy (non-hydrogen) atoms. The summed E-state index contributed by atoms with van der Waals surface area (Å²) in [4.78, 5) is 32.5. The van der Waals surface area contributed by atoms with E-state index in [1.807, 2.05) is 36.2 Å². The molecule has 3 heterocycles. The third-order valence-electron chi connectivity index (χ3n) is 5.49. The Kier molecular flexibility index (Phi) is 4.35. The predicted molar refractivity (Wildman–Crippen MR) is 110 cm³/mol. The lowest BCUT2D eigenvalue weighted by atomic mass is 9.99. The number of morpholine rings is 1. The molecule has 150 valence electrons. The molecule has 1 aliphatic carbocycles. The second-order valence-electron chi connectivity index (χ2n) is 7.68. The van der Waals surface area contributed by atoms with Gasteiger partial charge in [-0.3, -0.25) is 4.79 Å². The molecule has 8 nitrogen and oxygen atoms in total. The number of benzene rings is 1. The number of ether oxygens (including phenoxy) is 1. The van der Waals surface area contributed by atoms with Gasteiger partial charge in [-0.1, -0.05) is 6.07 Å². The highest BCUT2D eigenvalue weighted by molar-refractivity contribution is 5.96. The summed E-state index contributed by atoms with van der Waals surface area (Å²) in [6.45, 7) is 4.48. The molecule has 8 heteroatoms. The Bertz CT molecular complexity index is 1140. The first kappa shape index (κ1) is 17.9. The van der Waals surface area contributed by atoms with Gasteiger partial charge in [-0.25, -0.2) is 9.78 Å². The normalized spacial score (nSPS) is 16.9. The van der Waals surface area contributed by atoms with Gasteiger partial charge in [-0.05, 0) is 49.1 Å². The minimum absolute atomic E-state index is 0.0466. The molecule has 1 saturated heterocycles. The Morgan fingerprint density at radius 1 is 1.24 bits per heavy atom. The van der Waals surface area contributed by atoms with Crippen molar-refractivity contribution < 1.29 is 9.53 Å². The summed E-state index contributed by atoms with van der Waals surface area (Å²) in [6.07, 6.45) is 3.87. The maximum absolute atomic E-state index is 12.5. The molecule has 2 aliphatic rings. The first-order valence-electron chi connectivity index (χ1n) is 9.96. The maximum atomic E-state index is 12.5. The van der Waals surface area contributed by atoms with Crippen molar-refractivity contribution in [2.75, 3.05) is 31.3 Å².